The van der Waals surface area contributed by atoms with E-state index in [0.29, 0.717) is 38.5 Å². The zero-order chi connectivity index (χ0) is 47.6. The van der Waals surface area contributed by atoms with Gasteiger partial charge in [0, 0.05) is 12.3 Å². The second kappa shape index (κ2) is 40.8. The maximum absolute atomic E-state index is 13.5. The summed E-state index contributed by atoms with van der Waals surface area (Å²) < 4.78 is 5.20. The molecule has 0 spiro atoms. The van der Waals surface area contributed by atoms with Crippen LogP contribution >= 0.6 is 0 Å². The van der Waals surface area contributed by atoms with E-state index in [1.54, 1.807) is 0 Å². The van der Waals surface area contributed by atoms with Crippen LogP contribution in [0.5, 0.6) is 0 Å². The van der Waals surface area contributed by atoms with Crippen LogP contribution in [0.2, 0.25) is 0 Å². The number of allylic oxidation sites excluding steroid dienone is 22. The number of ether oxygens (including phenoxy) is 1. The van der Waals surface area contributed by atoms with Crippen molar-refractivity contribution in [3.05, 3.63) is 134 Å². The third-order valence-electron chi connectivity index (χ3n) is 10.5. The van der Waals surface area contributed by atoms with E-state index in [9.17, 15) is 34.8 Å². The Morgan fingerprint density at radius 3 is 1.42 bits per heavy atom. The number of hydrogen-bond donors (Lipinski definition) is 7. The molecule has 1 unspecified atom stereocenters. The molecule has 7 atom stereocenters. The number of primary amides is 1. The number of rotatable bonds is 36. The van der Waals surface area contributed by atoms with Crippen molar-refractivity contribution in [1.82, 2.24) is 10.6 Å². The van der Waals surface area contributed by atoms with E-state index >= 15 is 0 Å². The molecule has 0 aromatic rings. The Morgan fingerprint density at radius 2 is 0.985 bits per heavy atom. The maximum Gasteiger partial charge on any atom is 0.243 e. The molecule has 0 aromatic carbocycles. The van der Waals surface area contributed by atoms with E-state index in [2.05, 4.69) is 140 Å². The molecule has 0 saturated carbocycles. The van der Waals surface area contributed by atoms with Crippen LogP contribution in [-0.4, -0.2) is 81.4 Å². The van der Waals surface area contributed by atoms with Gasteiger partial charge in [-0.2, -0.15) is 0 Å². The van der Waals surface area contributed by atoms with Crippen LogP contribution in [0.15, 0.2) is 134 Å². The van der Waals surface area contributed by atoms with Crippen molar-refractivity contribution in [1.29, 1.82) is 0 Å². The van der Waals surface area contributed by atoms with Crippen molar-refractivity contribution in [2.24, 2.45) is 11.7 Å². The minimum Gasteiger partial charge on any atom is -0.394 e. The highest BCUT2D eigenvalue weighted by molar-refractivity contribution is 5.87. The van der Waals surface area contributed by atoms with Gasteiger partial charge in [0.05, 0.1) is 6.61 Å². The third-order valence-corrected chi connectivity index (χ3v) is 10.5. The zero-order valence-electron chi connectivity index (χ0n) is 39.4. The fourth-order valence-corrected chi connectivity index (χ4v) is 6.70. The van der Waals surface area contributed by atoms with Crippen LogP contribution in [0.25, 0.3) is 0 Å². The average molecular weight is 902 g/mol. The highest BCUT2D eigenvalue weighted by atomic mass is 16.6. The van der Waals surface area contributed by atoms with E-state index in [4.69, 9.17) is 10.5 Å². The normalized spacial score (nSPS) is 20.9. The maximum atomic E-state index is 13.5. The van der Waals surface area contributed by atoms with Gasteiger partial charge in [-0.05, 0) is 103 Å². The zero-order valence-corrected chi connectivity index (χ0v) is 39.4. The summed E-state index contributed by atoms with van der Waals surface area (Å²) in [7, 11) is 0. The van der Waals surface area contributed by atoms with Crippen LogP contribution in [0, 0.1) is 5.92 Å². The van der Waals surface area contributed by atoms with Crippen LogP contribution in [0.1, 0.15) is 136 Å². The molecule has 11 nitrogen and oxygen atoms in total. The summed E-state index contributed by atoms with van der Waals surface area (Å²) in [6.07, 6.45) is 54.5. The lowest BCUT2D eigenvalue weighted by Gasteiger charge is -2.40. The molecular weight excluding hydrogens is 819 g/mol. The average Bonchev–Trinajstić information content (AvgIpc) is 3.29. The minimum absolute atomic E-state index is 0.183. The first-order valence-electron chi connectivity index (χ1n) is 24.0. The molecule has 362 valence electrons. The smallest absolute Gasteiger partial charge is 0.243 e. The molecule has 1 aliphatic rings. The van der Waals surface area contributed by atoms with Crippen molar-refractivity contribution in [2.45, 2.75) is 173 Å². The summed E-state index contributed by atoms with van der Waals surface area (Å²) in [5, 5.41) is 46.1. The van der Waals surface area contributed by atoms with E-state index in [0.717, 1.165) is 70.6 Å². The lowest BCUT2D eigenvalue weighted by Crippen LogP contribution is -2.65. The molecule has 1 saturated heterocycles. The predicted octanol–water partition coefficient (Wildman–Crippen LogP) is 9.06. The van der Waals surface area contributed by atoms with Crippen LogP contribution in [-0.2, 0) is 19.1 Å². The highest BCUT2D eigenvalue weighted by Gasteiger charge is 2.44. The molecule has 3 amide bonds. The van der Waals surface area contributed by atoms with Crippen molar-refractivity contribution in [3.63, 3.8) is 0 Å². The fraction of sp³-hybridized carbons (Fsp3) is 0.537. The Bertz CT molecular complexity index is 1600. The summed E-state index contributed by atoms with van der Waals surface area (Å²) in [4.78, 5) is 38.8. The molecule has 0 bridgehead atoms. The first kappa shape index (κ1) is 58.4. The first-order chi connectivity index (χ1) is 31.7. The predicted molar refractivity (Wildman–Crippen MR) is 266 cm³/mol. The Balaban J connectivity index is 2.59. The van der Waals surface area contributed by atoms with Crippen molar-refractivity contribution >= 4 is 17.7 Å². The number of carbonyl (C=O) groups excluding carboxylic acids is 3. The van der Waals surface area contributed by atoms with Gasteiger partial charge >= 0.3 is 0 Å². The van der Waals surface area contributed by atoms with Gasteiger partial charge in [0.25, 0.3) is 0 Å². The molecule has 1 heterocycles. The number of aliphatic hydroxyl groups excluding tert-OH is 4. The van der Waals surface area contributed by atoms with E-state index in [1.807, 2.05) is 18.2 Å². The van der Waals surface area contributed by atoms with Crippen molar-refractivity contribution < 1.29 is 39.5 Å². The van der Waals surface area contributed by atoms with Gasteiger partial charge in [-0.1, -0.05) is 160 Å². The van der Waals surface area contributed by atoms with Gasteiger partial charge in [-0.25, -0.2) is 0 Å². The van der Waals surface area contributed by atoms with Gasteiger partial charge in [-0.15, -0.1) is 0 Å². The molecule has 1 fully saturated rings. The van der Waals surface area contributed by atoms with E-state index in [1.165, 1.54) is 0 Å². The number of hydrogen-bond acceptors (Lipinski definition) is 8. The first-order valence-corrected chi connectivity index (χ1v) is 24.0. The molecule has 1 rings (SSSR count). The Hall–Kier alpha value is -4.65. The Kier molecular flexibility index (Phi) is 36.7. The summed E-state index contributed by atoms with van der Waals surface area (Å²) in [6, 6.07) is -2.41. The summed E-state index contributed by atoms with van der Waals surface area (Å²) in [5.74, 6) is -1.78. The van der Waals surface area contributed by atoms with Gasteiger partial charge in [-0.3, -0.25) is 14.4 Å². The summed E-state index contributed by atoms with van der Waals surface area (Å²) in [6.45, 7) is 3.62. The molecule has 1 aliphatic heterocycles. The summed E-state index contributed by atoms with van der Waals surface area (Å²) >= 11 is 0. The molecule has 0 aliphatic carbocycles. The molecule has 8 N–H and O–H groups in total. The molecular formula is C54H83N3O8. The second-order valence-corrected chi connectivity index (χ2v) is 16.0. The van der Waals surface area contributed by atoms with E-state index < -0.39 is 55.1 Å². The molecule has 65 heavy (non-hydrogen) atoms. The van der Waals surface area contributed by atoms with Crippen LogP contribution in [0.3, 0.4) is 0 Å². The Labute approximate surface area is 391 Å². The third kappa shape index (κ3) is 31.0. The fourth-order valence-electron chi connectivity index (χ4n) is 6.70. The second-order valence-electron chi connectivity index (χ2n) is 16.0. The number of carbonyl (C=O) groups is 3. The van der Waals surface area contributed by atoms with Crippen molar-refractivity contribution in [3.8, 4) is 0 Å². The lowest BCUT2D eigenvalue weighted by atomic mass is 9.95. The lowest BCUT2D eigenvalue weighted by molar-refractivity contribution is -0.254. The molecule has 11 heteroatoms. The number of unbranched alkanes of at least 4 members (excludes halogenated alkanes) is 2. The number of nitrogens with two attached hydrogens (primary N) is 1. The van der Waals surface area contributed by atoms with Crippen LogP contribution < -0.4 is 16.4 Å². The Morgan fingerprint density at radius 1 is 0.569 bits per heavy atom. The number of aliphatic hydroxyl groups is 4. The standard InChI is InChI=1S/C54H83N3O8/c1-3-5-7-9-11-13-15-17-19-21-23-24-26-28-30-32-34-36-40-45(52(55)62)41-38-39-42-46(53(63)57-49-51(61)50(60)47(44-58)65-54(49)64)56-48(59)43-37-35-33-31-29-27-25-22-20-18-16-14-12-10-8-6-4-2/h5-8,11-14,17-20,23-25,27-28,30-31,33-34,36,45-47,49-51,54,58,60-61,64H,3-4,9-10,15-16,21-22,26,29,32,35,37-44H2,1-2H3,(H2,55,62)(H,56,59)(H,57,63)/b7-5?,8-6-,13-11?,14-12-,19-17?,20-18-,24-23?,27-25-,30-28?,33-31-,36-34?/t45?,46-,47+,49+,50+,51+,54+/m0/s1. The molecule has 0 radical (unpaired) electrons. The van der Waals surface area contributed by atoms with Gasteiger partial charge in [0.1, 0.15) is 30.4 Å². The van der Waals surface area contributed by atoms with Gasteiger partial charge in [0.2, 0.25) is 17.7 Å². The monoisotopic (exact) mass is 902 g/mol. The van der Waals surface area contributed by atoms with Crippen molar-refractivity contribution in [2.75, 3.05) is 6.61 Å². The topological polar surface area (TPSA) is 191 Å². The van der Waals surface area contributed by atoms with Gasteiger partial charge < -0.3 is 41.5 Å². The highest BCUT2D eigenvalue weighted by Crippen LogP contribution is 2.21. The number of amides is 3. The van der Waals surface area contributed by atoms with Crippen LogP contribution in [0.4, 0.5) is 0 Å². The largest absolute Gasteiger partial charge is 0.394 e. The quantitative estimate of drug-likeness (QED) is 0.0239. The number of nitrogens with one attached hydrogen (secondary N) is 2. The minimum atomic E-state index is -1.69. The summed E-state index contributed by atoms with van der Waals surface area (Å²) in [5.41, 5.74) is 5.73. The van der Waals surface area contributed by atoms with Gasteiger partial charge in [0.15, 0.2) is 6.29 Å². The van der Waals surface area contributed by atoms with E-state index in [-0.39, 0.29) is 24.7 Å². The molecule has 0 aromatic heterocycles. The SMILES string of the molecule is CCC=CCC=CCC=CCC=CCC=CCC=CCC(CCCC[C@H](NC(=O)CCC/C=C\C/C=C\C/C=C\C/C=C\C/C=C\CC)C(=O)N[C@@H]1[C@@H](O)[C@H](O)[C@@H](CO)O[C@H]1O)C(N)=O.